The first kappa shape index (κ1) is 15.3. The summed E-state index contributed by atoms with van der Waals surface area (Å²) in [5.41, 5.74) is -1.33. The van der Waals surface area contributed by atoms with Gasteiger partial charge in [0.25, 0.3) is 0 Å². The van der Waals surface area contributed by atoms with Gasteiger partial charge in [-0.25, -0.2) is 0 Å². The van der Waals surface area contributed by atoms with E-state index in [1.165, 1.54) is 0 Å². The van der Waals surface area contributed by atoms with Gasteiger partial charge in [-0.15, -0.1) is 0 Å². The zero-order valence-electron chi connectivity index (χ0n) is 13.3. The summed E-state index contributed by atoms with van der Waals surface area (Å²) in [7, 11) is 0. The Morgan fingerprint density at radius 3 is 2.20 bits per heavy atom. The lowest BCUT2D eigenvalue weighted by atomic mass is 9.84. The van der Waals surface area contributed by atoms with Crippen LogP contribution in [0.3, 0.4) is 0 Å². The Kier molecular flexibility index (Phi) is 4.12. The van der Waals surface area contributed by atoms with Crippen molar-refractivity contribution < 1.29 is 9.59 Å². The highest BCUT2D eigenvalue weighted by Gasteiger charge is 2.56. The molecule has 2 aliphatic rings. The molecule has 0 atom stereocenters. The maximum atomic E-state index is 12.8. The van der Waals surface area contributed by atoms with E-state index in [-0.39, 0.29) is 11.8 Å². The van der Waals surface area contributed by atoms with E-state index in [4.69, 9.17) is 0 Å². The van der Waals surface area contributed by atoms with Crippen molar-refractivity contribution in [1.29, 1.82) is 0 Å². The lowest BCUT2D eigenvalue weighted by Crippen LogP contribution is -2.73. The van der Waals surface area contributed by atoms with Crippen LogP contribution in [0.4, 0.5) is 0 Å². The van der Waals surface area contributed by atoms with E-state index in [0.29, 0.717) is 5.92 Å². The second-order valence-corrected chi connectivity index (χ2v) is 6.92. The van der Waals surface area contributed by atoms with Crippen LogP contribution in [0.1, 0.15) is 66.2 Å². The van der Waals surface area contributed by atoms with Gasteiger partial charge in [0.2, 0.25) is 11.8 Å². The maximum absolute atomic E-state index is 12.8. The van der Waals surface area contributed by atoms with E-state index in [1.54, 1.807) is 0 Å². The molecule has 0 unspecified atom stereocenters. The molecule has 0 aromatic carbocycles. The third-order valence-electron chi connectivity index (χ3n) is 5.17. The Balaban J connectivity index is 2.33. The second kappa shape index (κ2) is 5.38. The lowest BCUT2D eigenvalue weighted by Gasteiger charge is -2.50. The number of nitrogens with one attached hydrogen (secondary N) is 1. The van der Waals surface area contributed by atoms with Gasteiger partial charge in [0, 0.05) is 6.54 Å². The average molecular weight is 280 g/mol. The van der Waals surface area contributed by atoms with E-state index in [1.807, 2.05) is 18.7 Å². The van der Waals surface area contributed by atoms with Gasteiger partial charge in [-0.2, -0.15) is 0 Å². The van der Waals surface area contributed by atoms with Crippen molar-refractivity contribution in [3.05, 3.63) is 0 Å². The Morgan fingerprint density at radius 1 is 1.15 bits per heavy atom. The van der Waals surface area contributed by atoms with Gasteiger partial charge in [0.15, 0.2) is 0 Å². The third kappa shape index (κ3) is 2.33. The molecule has 2 rings (SSSR count). The van der Waals surface area contributed by atoms with E-state index in [0.717, 1.165) is 45.1 Å². The van der Waals surface area contributed by atoms with Crippen molar-refractivity contribution >= 4 is 11.8 Å². The molecule has 1 N–H and O–H groups in total. The number of amides is 2. The number of hydrogen-bond donors (Lipinski definition) is 1. The lowest BCUT2D eigenvalue weighted by molar-refractivity contribution is -0.162. The van der Waals surface area contributed by atoms with Crippen LogP contribution in [-0.4, -0.2) is 34.3 Å². The minimum Gasteiger partial charge on any atom is -0.340 e. The van der Waals surface area contributed by atoms with Crippen molar-refractivity contribution in [2.75, 3.05) is 6.54 Å². The molecule has 1 heterocycles. The van der Waals surface area contributed by atoms with Gasteiger partial charge in [-0.3, -0.25) is 9.59 Å². The molecule has 114 valence electrons. The molecular formula is C16H28N2O2. The smallest absolute Gasteiger partial charge is 0.248 e. The average Bonchev–Trinajstić information content (AvgIpc) is 2.88. The van der Waals surface area contributed by atoms with Crippen molar-refractivity contribution in [1.82, 2.24) is 10.2 Å². The van der Waals surface area contributed by atoms with Crippen LogP contribution in [0.15, 0.2) is 0 Å². The van der Waals surface area contributed by atoms with Gasteiger partial charge < -0.3 is 10.2 Å². The zero-order valence-corrected chi connectivity index (χ0v) is 13.3. The van der Waals surface area contributed by atoms with E-state index in [2.05, 4.69) is 19.2 Å². The van der Waals surface area contributed by atoms with Gasteiger partial charge in [-0.05, 0) is 32.6 Å². The van der Waals surface area contributed by atoms with E-state index < -0.39 is 11.1 Å². The number of nitrogens with zero attached hydrogens (tertiary/aromatic N) is 1. The molecule has 1 spiro atoms. The quantitative estimate of drug-likeness (QED) is 0.860. The Morgan fingerprint density at radius 2 is 1.70 bits per heavy atom. The fraction of sp³-hybridized carbons (Fsp3) is 0.875. The number of rotatable bonds is 4. The monoisotopic (exact) mass is 280 g/mol. The largest absolute Gasteiger partial charge is 0.340 e. The Hall–Kier alpha value is -1.06. The van der Waals surface area contributed by atoms with Crippen molar-refractivity contribution in [2.45, 2.75) is 77.3 Å². The fourth-order valence-electron chi connectivity index (χ4n) is 3.63. The highest BCUT2D eigenvalue weighted by Crippen LogP contribution is 2.40. The molecule has 20 heavy (non-hydrogen) atoms. The third-order valence-corrected chi connectivity index (χ3v) is 5.17. The topological polar surface area (TPSA) is 49.4 Å². The summed E-state index contributed by atoms with van der Waals surface area (Å²) in [6.07, 6.45) is 5.83. The molecule has 1 saturated carbocycles. The summed E-state index contributed by atoms with van der Waals surface area (Å²) >= 11 is 0. The van der Waals surface area contributed by atoms with Crippen molar-refractivity contribution in [3.8, 4) is 0 Å². The number of carbonyl (C=O) groups is 2. The first-order valence-electron chi connectivity index (χ1n) is 8.02. The Bertz CT molecular complexity index is 393. The summed E-state index contributed by atoms with van der Waals surface area (Å²) < 4.78 is 0. The fourth-order valence-corrected chi connectivity index (χ4v) is 3.63. The summed E-state index contributed by atoms with van der Waals surface area (Å²) in [5, 5.41) is 2.95. The SMILES string of the molecule is CCC(CC)CN1C(=O)C(C)(C)NC(=O)C12CCCC2. The van der Waals surface area contributed by atoms with Crippen molar-refractivity contribution in [3.63, 3.8) is 0 Å². The van der Waals surface area contributed by atoms with E-state index >= 15 is 0 Å². The summed E-state index contributed by atoms with van der Waals surface area (Å²) in [6.45, 7) is 8.68. The first-order valence-corrected chi connectivity index (χ1v) is 8.02. The minimum absolute atomic E-state index is 0.0607. The summed E-state index contributed by atoms with van der Waals surface area (Å²) in [5.74, 6) is 0.634. The highest BCUT2D eigenvalue weighted by atomic mass is 16.2. The van der Waals surface area contributed by atoms with Crippen LogP contribution in [-0.2, 0) is 9.59 Å². The normalized spacial score (nSPS) is 24.6. The van der Waals surface area contributed by atoms with E-state index in [9.17, 15) is 9.59 Å². The molecule has 0 aromatic heterocycles. The van der Waals surface area contributed by atoms with Gasteiger partial charge in [-0.1, -0.05) is 39.5 Å². The van der Waals surface area contributed by atoms with Crippen LogP contribution in [0.2, 0.25) is 0 Å². The zero-order chi connectivity index (χ0) is 15.0. The van der Waals surface area contributed by atoms with Crippen LogP contribution in [0.5, 0.6) is 0 Å². The summed E-state index contributed by atoms with van der Waals surface area (Å²) in [6, 6.07) is 0. The predicted octanol–water partition coefficient (Wildman–Crippen LogP) is 2.47. The number of carbonyl (C=O) groups excluding carboxylic acids is 2. The molecule has 0 aromatic rings. The molecule has 0 radical (unpaired) electrons. The molecule has 2 amide bonds. The molecule has 4 heteroatoms. The van der Waals surface area contributed by atoms with Crippen LogP contribution < -0.4 is 5.32 Å². The molecule has 0 bridgehead atoms. The predicted molar refractivity (Wildman–Crippen MR) is 79.2 cm³/mol. The van der Waals surface area contributed by atoms with Crippen LogP contribution in [0, 0.1) is 5.92 Å². The molecule has 4 nitrogen and oxygen atoms in total. The molecule has 1 aliphatic heterocycles. The number of piperazine rings is 1. The van der Waals surface area contributed by atoms with Crippen LogP contribution in [0.25, 0.3) is 0 Å². The molecular weight excluding hydrogens is 252 g/mol. The maximum Gasteiger partial charge on any atom is 0.248 e. The van der Waals surface area contributed by atoms with Gasteiger partial charge >= 0.3 is 0 Å². The second-order valence-electron chi connectivity index (χ2n) is 6.92. The standard InChI is InChI=1S/C16H28N2O2/c1-5-12(6-2)11-18-14(20)15(3,4)17-13(19)16(18)9-7-8-10-16/h12H,5-11H2,1-4H3,(H,17,19). The van der Waals surface area contributed by atoms with Crippen molar-refractivity contribution in [2.24, 2.45) is 5.92 Å². The van der Waals surface area contributed by atoms with Crippen LogP contribution >= 0.6 is 0 Å². The molecule has 2 fully saturated rings. The Labute approximate surface area is 122 Å². The van der Waals surface area contributed by atoms with Gasteiger partial charge in [0.05, 0.1) is 0 Å². The minimum atomic E-state index is -0.767. The highest BCUT2D eigenvalue weighted by molar-refractivity contribution is 6.02. The number of hydrogen-bond acceptors (Lipinski definition) is 2. The first-order chi connectivity index (χ1) is 9.37. The molecule has 1 aliphatic carbocycles. The van der Waals surface area contributed by atoms with Gasteiger partial charge in [0.1, 0.15) is 11.1 Å². The summed E-state index contributed by atoms with van der Waals surface area (Å²) in [4.78, 5) is 27.4. The molecule has 1 saturated heterocycles.